The van der Waals surface area contributed by atoms with Crippen LogP contribution in [0.25, 0.3) is 5.57 Å². The number of aromatic nitrogens is 2. The fourth-order valence-electron chi connectivity index (χ4n) is 5.79. The molecule has 8 nitrogen and oxygen atoms in total. The molecule has 8 heteroatoms. The average molecular weight is 489 g/mol. The third kappa shape index (κ3) is 4.96. The topological polar surface area (TPSA) is 106 Å². The normalized spacial score (nSPS) is 21.9. The average Bonchev–Trinajstić information content (AvgIpc) is 3.40. The number of nitrogens with zero attached hydrogens (tertiary/aromatic N) is 3. The minimum absolute atomic E-state index is 0.0607. The van der Waals surface area contributed by atoms with Crippen molar-refractivity contribution in [3.05, 3.63) is 53.1 Å². The number of H-pyrrole nitrogens is 1. The summed E-state index contributed by atoms with van der Waals surface area (Å²) in [6, 6.07) is 8.54. The van der Waals surface area contributed by atoms with Gasteiger partial charge in [-0.25, -0.2) is 4.98 Å². The molecule has 1 aliphatic carbocycles. The van der Waals surface area contributed by atoms with Crippen LogP contribution in [0.5, 0.6) is 0 Å². The Morgan fingerprint density at radius 3 is 2.64 bits per heavy atom. The Hall–Kier alpha value is -2.99. The molecule has 190 valence electrons. The van der Waals surface area contributed by atoms with Crippen LogP contribution in [0.15, 0.2) is 30.5 Å². The van der Waals surface area contributed by atoms with Gasteiger partial charge in [-0.1, -0.05) is 26.0 Å². The SMILES string of the molecule is CC1(C)CC=C(c2cc(C3(N4CCNCC4)CCOCC3)ccc2NC(=O)c2ncc(C#N)[nH]2)CC1. The Labute approximate surface area is 213 Å². The van der Waals surface area contributed by atoms with Crippen LogP contribution in [-0.2, 0) is 10.3 Å². The fourth-order valence-corrected chi connectivity index (χ4v) is 5.79. The van der Waals surface area contributed by atoms with Crippen LogP contribution >= 0.6 is 0 Å². The van der Waals surface area contributed by atoms with E-state index in [1.54, 1.807) is 0 Å². The first-order valence-electron chi connectivity index (χ1n) is 13.0. The Bertz CT molecular complexity index is 1180. The quantitative estimate of drug-likeness (QED) is 0.587. The van der Waals surface area contributed by atoms with Gasteiger partial charge in [0, 0.05) is 50.6 Å². The first-order chi connectivity index (χ1) is 17.4. The Morgan fingerprint density at radius 1 is 1.19 bits per heavy atom. The number of allylic oxidation sites excluding steroid dienone is 2. The fraction of sp³-hybridized carbons (Fsp3) is 0.536. The lowest BCUT2D eigenvalue weighted by atomic mass is 9.75. The third-order valence-electron chi connectivity index (χ3n) is 8.08. The molecule has 5 rings (SSSR count). The molecule has 1 aromatic heterocycles. The number of anilines is 1. The second-order valence-electron chi connectivity index (χ2n) is 11.0. The van der Waals surface area contributed by atoms with Gasteiger partial charge in [0.25, 0.3) is 5.91 Å². The zero-order valence-corrected chi connectivity index (χ0v) is 21.3. The highest BCUT2D eigenvalue weighted by molar-refractivity contribution is 6.03. The monoisotopic (exact) mass is 488 g/mol. The van der Waals surface area contributed by atoms with Crippen molar-refractivity contribution in [1.29, 1.82) is 5.26 Å². The maximum Gasteiger partial charge on any atom is 0.291 e. The van der Waals surface area contributed by atoms with Crippen LogP contribution in [0.3, 0.4) is 0 Å². The van der Waals surface area contributed by atoms with E-state index in [1.807, 2.05) is 6.07 Å². The van der Waals surface area contributed by atoms with E-state index in [9.17, 15) is 4.79 Å². The molecule has 3 aliphatic rings. The molecule has 0 bridgehead atoms. The predicted molar refractivity (Wildman–Crippen MR) is 139 cm³/mol. The molecular formula is C28H36N6O2. The Morgan fingerprint density at radius 2 is 1.97 bits per heavy atom. The Kier molecular flexibility index (Phi) is 6.98. The van der Waals surface area contributed by atoms with Gasteiger partial charge >= 0.3 is 0 Å². The number of hydrogen-bond acceptors (Lipinski definition) is 6. The first-order valence-corrected chi connectivity index (χ1v) is 13.0. The van der Waals surface area contributed by atoms with E-state index in [1.165, 1.54) is 17.3 Å². The lowest BCUT2D eigenvalue weighted by Crippen LogP contribution is -2.56. The van der Waals surface area contributed by atoms with Crippen LogP contribution in [0.4, 0.5) is 5.69 Å². The summed E-state index contributed by atoms with van der Waals surface area (Å²) in [4.78, 5) is 22.5. The van der Waals surface area contributed by atoms with Crippen molar-refractivity contribution in [2.24, 2.45) is 5.41 Å². The number of imidazole rings is 1. The molecule has 0 unspecified atom stereocenters. The summed E-state index contributed by atoms with van der Waals surface area (Å²) in [6.45, 7) is 10.2. The lowest BCUT2D eigenvalue weighted by Gasteiger charge is -2.48. The highest BCUT2D eigenvalue weighted by atomic mass is 16.5. The van der Waals surface area contributed by atoms with E-state index in [2.05, 4.69) is 63.6 Å². The number of nitrogens with one attached hydrogen (secondary N) is 3. The zero-order valence-electron chi connectivity index (χ0n) is 21.3. The van der Waals surface area contributed by atoms with E-state index in [0.717, 1.165) is 82.7 Å². The number of hydrogen-bond donors (Lipinski definition) is 3. The number of amides is 1. The highest BCUT2D eigenvalue weighted by Crippen LogP contribution is 2.44. The van der Waals surface area contributed by atoms with Crippen LogP contribution in [0.2, 0.25) is 0 Å². The summed E-state index contributed by atoms with van der Waals surface area (Å²) in [6.07, 6.45) is 8.76. The van der Waals surface area contributed by atoms with Crippen molar-refractivity contribution >= 4 is 17.2 Å². The van der Waals surface area contributed by atoms with E-state index in [-0.39, 0.29) is 28.4 Å². The van der Waals surface area contributed by atoms with Crippen molar-refractivity contribution < 1.29 is 9.53 Å². The highest BCUT2D eigenvalue weighted by Gasteiger charge is 2.41. The van der Waals surface area contributed by atoms with Crippen LogP contribution in [-0.4, -0.2) is 60.2 Å². The summed E-state index contributed by atoms with van der Waals surface area (Å²) in [5.74, 6) is -0.202. The number of carbonyl (C=O) groups excluding carboxylic acids is 1. The van der Waals surface area contributed by atoms with E-state index in [4.69, 9.17) is 10.00 Å². The Balaban J connectivity index is 1.53. The maximum atomic E-state index is 13.0. The molecule has 36 heavy (non-hydrogen) atoms. The van der Waals surface area contributed by atoms with Crippen molar-refractivity contribution in [2.75, 3.05) is 44.7 Å². The van der Waals surface area contributed by atoms with Gasteiger partial charge in [-0.05, 0) is 60.8 Å². The molecule has 3 heterocycles. The number of piperazine rings is 1. The summed E-state index contributed by atoms with van der Waals surface area (Å²) in [5.41, 5.74) is 4.95. The molecule has 0 spiro atoms. The van der Waals surface area contributed by atoms with Crippen molar-refractivity contribution in [2.45, 2.75) is 51.5 Å². The molecular weight excluding hydrogens is 452 g/mol. The number of ether oxygens (including phenoxy) is 1. The van der Waals surface area contributed by atoms with Gasteiger partial charge in [0.05, 0.1) is 11.7 Å². The number of aromatic amines is 1. The molecule has 0 radical (unpaired) electrons. The molecule has 2 fully saturated rings. The van der Waals surface area contributed by atoms with Crippen LogP contribution in [0.1, 0.15) is 73.4 Å². The number of benzene rings is 1. The largest absolute Gasteiger partial charge is 0.381 e. The molecule has 1 aromatic carbocycles. The van der Waals surface area contributed by atoms with E-state index < -0.39 is 0 Å². The minimum atomic E-state index is -0.342. The molecule has 0 saturated carbocycles. The number of carbonyl (C=O) groups is 1. The smallest absolute Gasteiger partial charge is 0.291 e. The van der Waals surface area contributed by atoms with Gasteiger partial charge < -0.3 is 20.4 Å². The van der Waals surface area contributed by atoms with Gasteiger partial charge in [0.2, 0.25) is 0 Å². The molecule has 2 saturated heterocycles. The number of nitriles is 1. The van der Waals surface area contributed by atoms with Crippen LogP contribution < -0.4 is 10.6 Å². The molecule has 0 atom stereocenters. The van der Waals surface area contributed by atoms with Crippen LogP contribution in [0, 0.1) is 16.7 Å². The lowest BCUT2D eigenvalue weighted by molar-refractivity contribution is -0.0373. The predicted octanol–water partition coefficient (Wildman–Crippen LogP) is 4.04. The van der Waals surface area contributed by atoms with Gasteiger partial charge in [0.1, 0.15) is 11.8 Å². The summed E-state index contributed by atoms with van der Waals surface area (Å²) < 4.78 is 5.80. The summed E-state index contributed by atoms with van der Waals surface area (Å²) in [5, 5.41) is 15.6. The molecule has 2 aliphatic heterocycles. The third-order valence-corrected chi connectivity index (χ3v) is 8.08. The van der Waals surface area contributed by atoms with E-state index >= 15 is 0 Å². The summed E-state index contributed by atoms with van der Waals surface area (Å²) in [7, 11) is 0. The standard InChI is InChI=1S/C28H36N6O2/c1-27(2)7-5-20(6-8-27)23-17-21(28(9-15-36-16-10-28)34-13-11-30-12-14-34)3-4-24(23)33-26(35)25-31-19-22(18-29)32-25/h3-5,17,19,30H,6-16H2,1-2H3,(H,31,32)(H,33,35). The minimum Gasteiger partial charge on any atom is -0.381 e. The van der Waals surface area contributed by atoms with Crippen molar-refractivity contribution in [3.63, 3.8) is 0 Å². The summed E-state index contributed by atoms with van der Waals surface area (Å²) >= 11 is 0. The molecule has 1 amide bonds. The second kappa shape index (κ2) is 10.2. The van der Waals surface area contributed by atoms with Gasteiger partial charge in [0.15, 0.2) is 5.82 Å². The van der Waals surface area contributed by atoms with E-state index in [0.29, 0.717) is 0 Å². The van der Waals surface area contributed by atoms with Gasteiger partial charge in [-0.2, -0.15) is 5.26 Å². The number of rotatable bonds is 5. The van der Waals surface area contributed by atoms with Crippen molar-refractivity contribution in [1.82, 2.24) is 20.2 Å². The van der Waals surface area contributed by atoms with Gasteiger partial charge in [-0.3, -0.25) is 9.69 Å². The maximum absolute atomic E-state index is 13.0. The van der Waals surface area contributed by atoms with Crippen molar-refractivity contribution in [3.8, 4) is 6.07 Å². The first kappa shape index (κ1) is 24.7. The van der Waals surface area contributed by atoms with Gasteiger partial charge in [-0.15, -0.1) is 0 Å². The zero-order chi connectivity index (χ0) is 25.2. The second-order valence-corrected chi connectivity index (χ2v) is 11.0. The molecule has 2 aromatic rings. The molecule has 3 N–H and O–H groups in total.